The Balaban J connectivity index is 1.16. The molecule has 0 saturated heterocycles. The number of anilines is 3. The molecule has 5 rings (SSSR count). The molecule has 1 heterocycles. The third-order valence-electron chi connectivity index (χ3n) is 6.62. The van der Waals surface area contributed by atoms with Crippen LogP contribution >= 0.6 is 33.9 Å². The van der Waals surface area contributed by atoms with Crippen molar-refractivity contribution in [3.05, 3.63) is 116 Å². The molecule has 0 aliphatic heterocycles. The summed E-state index contributed by atoms with van der Waals surface area (Å²) in [7, 11) is 1.52. The van der Waals surface area contributed by atoms with Crippen molar-refractivity contribution in [1.82, 2.24) is 10.4 Å². The van der Waals surface area contributed by atoms with Gasteiger partial charge in [-0.3, -0.25) is 9.59 Å². The fourth-order valence-electron chi connectivity index (χ4n) is 4.28. The van der Waals surface area contributed by atoms with Gasteiger partial charge in [0.25, 0.3) is 11.8 Å². The molecule has 4 aromatic carbocycles. The van der Waals surface area contributed by atoms with Crippen LogP contribution < -0.4 is 25.5 Å². The highest BCUT2D eigenvalue weighted by Crippen LogP contribution is 2.34. The Hall–Kier alpha value is -4.75. The zero-order valence-corrected chi connectivity index (χ0v) is 27.7. The van der Waals surface area contributed by atoms with Crippen LogP contribution in [0.2, 0.25) is 0 Å². The van der Waals surface area contributed by atoms with Gasteiger partial charge in [0.1, 0.15) is 0 Å². The summed E-state index contributed by atoms with van der Waals surface area (Å²) in [6, 6.07) is 26.4. The van der Waals surface area contributed by atoms with E-state index < -0.39 is 0 Å². The number of ether oxygens (including phenoxy) is 2. The smallest absolute Gasteiger partial charge is 0.271 e. The van der Waals surface area contributed by atoms with E-state index in [4.69, 9.17) is 9.47 Å². The number of amides is 2. The predicted molar refractivity (Wildman–Crippen MR) is 188 cm³/mol. The van der Waals surface area contributed by atoms with Crippen LogP contribution in [0.5, 0.6) is 11.5 Å². The number of aryl methyl sites for hydroxylation is 2. The minimum Gasteiger partial charge on any atom is -0.493 e. The van der Waals surface area contributed by atoms with E-state index in [1.54, 1.807) is 18.2 Å². The average molecular weight is 732 g/mol. The van der Waals surface area contributed by atoms with Crippen molar-refractivity contribution in [2.24, 2.45) is 5.10 Å². The number of halogens is 1. The minimum absolute atomic E-state index is 0.184. The summed E-state index contributed by atoms with van der Waals surface area (Å²) in [5.41, 5.74) is 9.17. The van der Waals surface area contributed by atoms with E-state index in [9.17, 15) is 9.59 Å². The summed E-state index contributed by atoms with van der Waals surface area (Å²) in [6.07, 6.45) is 1.52. The molecule has 0 aliphatic rings. The summed E-state index contributed by atoms with van der Waals surface area (Å²) < 4.78 is 12.1. The lowest BCUT2D eigenvalue weighted by molar-refractivity contribution is -0.118. The van der Waals surface area contributed by atoms with E-state index in [1.807, 2.05) is 86.0 Å². The molecule has 0 atom stereocenters. The topological polar surface area (TPSA) is 114 Å². The molecule has 0 saturated carbocycles. The normalized spacial score (nSPS) is 10.8. The second kappa shape index (κ2) is 14.8. The first-order chi connectivity index (χ1) is 21.8. The molecular weight excluding hydrogens is 701 g/mol. The van der Waals surface area contributed by atoms with E-state index >= 15 is 0 Å². The molecular formula is C34H30IN5O4S. The van der Waals surface area contributed by atoms with Crippen molar-refractivity contribution in [2.75, 3.05) is 24.4 Å². The predicted octanol–water partition coefficient (Wildman–Crippen LogP) is 7.57. The SMILES string of the molecule is COc1cc(/C=N/NC(=O)c2ccc(-c3csc(Nc4ccccc4)n3)cc2)cc(I)c1OCC(=O)Nc1cc(C)ccc1C. The molecule has 228 valence electrons. The van der Waals surface area contributed by atoms with Crippen molar-refractivity contribution in [3.8, 4) is 22.8 Å². The Morgan fingerprint density at radius 2 is 1.78 bits per heavy atom. The summed E-state index contributed by atoms with van der Waals surface area (Å²) >= 11 is 3.62. The van der Waals surface area contributed by atoms with Crippen LogP contribution in [-0.4, -0.2) is 36.7 Å². The number of benzene rings is 4. The number of para-hydroxylation sites is 1. The number of thiazole rings is 1. The highest BCUT2D eigenvalue weighted by atomic mass is 127. The zero-order chi connectivity index (χ0) is 31.8. The molecule has 2 amide bonds. The number of nitrogens with one attached hydrogen (secondary N) is 3. The van der Waals surface area contributed by atoms with Gasteiger partial charge in [0, 0.05) is 27.9 Å². The Morgan fingerprint density at radius 3 is 2.53 bits per heavy atom. The van der Waals surface area contributed by atoms with Crippen molar-refractivity contribution in [3.63, 3.8) is 0 Å². The fourth-order valence-corrected chi connectivity index (χ4v) is 5.80. The van der Waals surface area contributed by atoms with Crippen LogP contribution in [0.15, 0.2) is 95.4 Å². The van der Waals surface area contributed by atoms with E-state index in [0.29, 0.717) is 22.6 Å². The number of hydrogen-bond donors (Lipinski definition) is 3. The van der Waals surface area contributed by atoms with Gasteiger partial charge in [-0.1, -0.05) is 42.5 Å². The molecule has 0 unspecified atom stereocenters. The number of nitrogens with zero attached hydrogens (tertiary/aromatic N) is 2. The first-order valence-corrected chi connectivity index (χ1v) is 15.8. The first-order valence-electron chi connectivity index (χ1n) is 13.9. The molecule has 0 radical (unpaired) electrons. The van der Waals surface area contributed by atoms with Crippen LogP contribution in [0, 0.1) is 17.4 Å². The zero-order valence-electron chi connectivity index (χ0n) is 24.8. The van der Waals surface area contributed by atoms with E-state index in [0.717, 1.165) is 42.5 Å². The Kier molecular flexibility index (Phi) is 10.4. The molecule has 45 heavy (non-hydrogen) atoms. The Morgan fingerprint density at radius 1 is 1.00 bits per heavy atom. The molecule has 0 aliphatic carbocycles. The standard InChI is InChI=1S/C34H30IN5O4S/c1-21-9-10-22(2)28(15-21)38-31(41)19-44-32-27(35)16-23(17-30(32)43-3)18-36-40-33(42)25-13-11-24(12-14-25)29-20-45-34(39-29)37-26-7-5-4-6-8-26/h4-18,20H,19H2,1-3H3,(H,37,39)(H,38,41)(H,40,42)/b36-18+. The maximum atomic E-state index is 12.7. The van der Waals surface area contributed by atoms with Crippen molar-refractivity contribution >= 4 is 68.5 Å². The Labute approximate surface area is 278 Å². The Bertz CT molecular complexity index is 1840. The lowest BCUT2D eigenvalue weighted by atomic mass is 10.1. The van der Waals surface area contributed by atoms with Gasteiger partial charge in [-0.25, -0.2) is 10.4 Å². The minimum atomic E-state index is -0.348. The molecule has 3 N–H and O–H groups in total. The number of rotatable bonds is 11. The molecule has 0 fully saturated rings. The summed E-state index contributed by atoms with van der Waals surface area (Å²) in [5, 5.41) is 13.1. The number of hydrogen-bond acceptors (Lipinski definition) is 8. The quantitative estimate of drug-likeness (QED) is 0.0735. The highest BCUT2D eigenvalue weighted by molar-refractivity contribution is 14.1. The lowest BCUT2D eigenvalue weighted by Gasteiger charge is -2.14. The lowest BCUT2D eigenvalue weighted by Crippen LogP contribution is -2.21. The monoisotopic (exact) mass is 731 g/mol. The van der Waals surface area contributed by atoms with Gasteiger partial charge >= 0.3 is 0 Å². The van der Waals surface area contributed by atoms with Gasteiger partial charge < -0.3 is 20.1 Å². The van der Waals surface area contributed by atoms with Crippen LogP contribution in [0.4, 0.5) is 16.5 Å². The van der Waals surface area contributed by atoms with Gasteiger partial charge in [0.05, 0.1) is 22.6 Å². The summed E-state index contributed by atoms with van der Waals surface area (Å²) in [4.78, 5) is 29.9. The van der Waals surface area contributed by atoms with Gasteiger partial charge in [0.2, 0.25) is 0 Å². The molecule has 0 bridgehead atoms. The van der Waals surface area contributed by atoms with Gasteiger partial charge in [0.15, 0.2) is 23.2 Å². The molecule has 1 aromatic heterocycles. The van der Waals surface area contributed by atoms with Crippen LogP contribution in [0.3, 0.4) is 0 Å². The van der Waals surface area contributed by atoms with Crippen molar-refractivity contribution in [2.45, 2.75) is 13.8 Å². The average Bonchev–Trinajstić information content (AvgIpc) is 3.51. The molecule has 0 spiro atoms. The maximum Gasteiger partial charge on any atom is 0.271 e. The maximum absolute atomic E-state index is 12.7. The number of aromatic nitrogens is 1. The van der Waals surface area contributed by atoms with Crippen molar-refractivity contribution < 1.29 is 19.1 Å². The van der Waals surface area contributed by atoms with Crippen LogP contribution in [0.1, 0.15) is 27.0 Å². The van der Waals surface area contributed by atoms with Gasteiger partial charge in [-0.15, -0.1) is 11.3 Å². The van der Waals surface area contributed by atoms with E-state index in [2.05, 4.69) is 48.7 Å². The van der Waals surface area contributed by atoms with Gasteiger partial charge in [-0.2, -0.15) is 5.10 Å². The van der Waals surface area contributed by atoms with E-state index in [-0.39, 0.29) is 18.4 Å². The van der Waals surface area contributed by atoms with Gasteiger partial charge in [-0.05, 0) is 95.6 Å². The van der Waals surface area contributed by atoms with E-state index in [1.165, 1.54) is 24.7 Å². The van der Waals surface area contributed by atoms with Crippen molar-refractivity contribution in [1.29, 1.82) is 0 Å². The fraction of sp³-hybridized carbons (Fsp3) is 0.118. The van der Waals surface area contributed by atoms with Crippen LogP contribution in [0.25, 0.3) is 11.3 Å². The second-order valence-corrected chi connectivity index (χ2v) is 12.0. The number of methoxy groups -OCH3 is 1. The third kappa shape index (κ3) is 8.46. The largest absolute Gasteiger partial charge is 0.493 e. The first kappa shape index (κ1) is 31.7. The second-order valence-electron chi connectivity index (χ2n) is 9.99. The number of hydrazone groups is 1. The number of carbonyl (C=O) groups is 2. The summed E-state index contributed by atoms with van der Waals surface area (Å²) in [5.74, 6) is 0.255. The molecule has 11 heteroatoms. The summed E-state index contributed by atoms with van der Waals surface area (Å²) in [6.45, 7) is 3.72. The molecule has 9 nitrogen and oxygen atoms in total. The van der Waals surface area contributed by atoms with Crippen LogP contribution in [-0.2, 0) is 4.79 Å². The third-order valence-corrected chi connectivity index (χ3v) is 8.18. The molecule has 5 aromatic rings. The number of carbonyl (C=O) groups excluding carboxylic acids is 2. The highest BCUT2D eigenvalue weighted by Gasteiger charge is 2.14.